The van der Waals surface area contributed by atoms with Crippen LogP contribution in [0.5, 0.6) is 11.5 Å². The van der Waals surface area contributed by atoms with Gasteiger partial charge in [0.25, 0.3) is 5.91 Å². The lowest BCUT2D eigenvalue weighted by atomic mass is 10.1. The smallest absolute Gasteiger partial charge is 0.252 e. The molecule has 0 saturated heterocycles. The third-order valence-electron chi connectivity index (χ3n) is 5.37. The molecule has 0 bridgehead atoms. The zero-order valence-electron chi connectivity index (χ0n) is 18.8. The zero-order chi connectivity index (χ0) is 22.0. The van der Waals surface area contributed by atoms with Crippen molar-refractivity contribution in [3.8, 4) is 11.5 Å². The molecule has 0 N–H and O–H groups in total. The van der Waals surface area contributed by atoms with Gasteiger partial charge in [-0.25, -0.2) is 4.98 Å². The lowest BCUT2D eigenvalue weighted by Gasteiger charge is -2.19. The molecule has 1 aliphatic heterocycles. The van der Waals surface area contributed by atoms with Gasteiger partial charge in [0.2, 0.25) is 6.79 Å². The third kappa shape index (κ3) is 5.23. The number of aryl methyl sites for hydroxylation is 2. The van der Waals surface area contributed by atoms with Gasteiger partial charge in [-0.1, -0.05) is 23.5 Å². The molecule has 0 radical (unpaired) electrons. The Labute approximate surface area is 198 Å². The fourth-order valence-corrected chi connectivity index (χ4v) is 4.51. The normalized spacial score (nSPS) is 12.5. The summed E-state index contributed by atoms with van der Waals surface area (Å²) >= 11 is 1.56. The Kier molecular flexibility index (Phi) is 7.77. The molecule has 1 aliphatic rings. The Morgan fingerprint density at radius 2 is 1.91 bits per heavy atom. The van der Waals surface area contributed by atoms with Gasteiger partial charge < -0.3 is 14.4 Å². The molecule has 0 saturated carbocycles. The summed E-state index contributed by atoms with van der Waals surface area (Å²) in [6.45, 7) is 5.91. The minimum Gasteiger partial charge on any atom is -0.454 e. The topological polar surface area (TPSA) is 54.9 Å². The maximum Gasteiger partial charge on any atom is 0.252 e. The highest BCUT2D eigenvalue weighted by Gasteiger charge is 2.19. The third-order valence-corrected chi connectivity index (χ3v) is 6.42. The fourth-order valence-electron chi connectivity index (χ4n) is 3.45. The molecule has 6 nitrogen and oxygen atoms in total. The summed E-state index contributed by atoms with van der Waals surface area (Å²) in [5.41, 5.74) is 4.24. The van der Waals surface area contributed by atoms with E-state index in [1.807, 2.05) is 38.4 Å². The Morgan fingerprint density at radius 1 is 1.12 bits per heavy atom. The number of thiazole rings is 1. The van der Waals surface area contributed by atoms with Crippen molar-refractivity contribution in [2.24, 2.45) is 0 Å². The molecule has 8 heteroatoms. The van der Waals surface area contributed by atoms with E-state index in [1.54, 1.807) is 22.3 Å². The van der Waals surface area contributed by atoms with Crippen LogP contribution in [0.4, 0.5) is 5.13 Å². The standard InChI is InChI=1S/C24H27N3O3S.ClH/c1-16-6-10-21-23(17(16)2)25-24(31-21)27(13-5-12-26(3)4)22(28)11-8-18-7-9-19-20(14-18)30-15-29-19;/h6-11,14H,5,12-13,15H2,1-4H3;1H. The largest absolute Gasteiger partial charge is 0.454 e. The van der Waals surface area contributed by atoms with Gasteiger partial charge in [0.15, 0.2) is 16.6 Å². The monoisotopic (exact) mass is 473 g/mol. The van der Waals surface area contributed by atoms with Gasteiger partial charge in [-0.2, -0.15) is 0 Å². The number of ether oxygens (including phenoxy) is 2. The molecule has 0 spiro atoms. The Hall–Kier alpha value is -2.61. The Balaban J connectivity index is 0.00000289. The number of fused-ring (bicyclic) bond motifs is 2. The molecule has 2 aromatic carbocycles. The number of aromatic nitrogens is 1. The lowest BCUT2D eigenvalue weighted by Crippen LogP contribution is -2.32. The average Bonchev–Trinajstić information content (AvgIpc) is 3.38. The van der Waals surface area contributed by atoms with Gasteiger partial charge >= 0.3 is 0 Å². The number of anilines is 1. The molecule has 170 valence electrons. The number of halogens is 1. The van der Waals surface area contributed by atoms with Gasteiger partial charge in [0.05, 0.1) is 10.2 Å². The highest BCUT2D eigenvalue weighted by Crippen LogP contribution is 2.34. The maximum atomic E-state index is 13.2. The molecular formula is C24H28ClN3O3S. The Bertz CT molecular complexity index is 1140. The predicted octanol–water partition coefficient (Wildman–Crippen LogP) is 5.06. The second-order valence-corrected chi connectivity index (χ2v) is 8.95. The molecule has 0 atom stereocenters. The molecule has 32 heavy (non-hydrogen) atoms. The minimum absolute atomic E-state index is 0. The summed E-state index contributed by atoms with van der Waals surface area (Å²) in [7, 11) is 4.07. The van der Waals surface area contributed by atoms with Gasteiger partial charge in [0, 0.05) is 12.6 Å². The number of benzene rings is 2. The second kappa shape index (κ2) is 10.3. The molecule has 0 unspecified atom stereocenters. The van der Waals surface area contributed by atoms with Crippen LogP contribution < -0.4 is 14.4 Å². The predicted molar refractivity (Wildman–Crippen MR) is 133 cm³/mol. The summed E-state index contributed by atoms with van der Waals surface area (Å²) in [4.78, 5) is 21.9. The minimum atomic E-state index is -0.0788. The number of nitrogens with zero attached hydrogens (tertiary/aromatic N) is 3. The molecule has 1 amide bonds. The summed E-state index contributed by atoms with van der Waals surface area (Å²) in [6.07, 6.45) is 4.29. The molecule has 0 fully saturated rings. The van der Waals surface area contributed by atoms with Crippen LogP contribution in [0, 0.1) is 13.8 Å². The zero-order valence-corrected chi connectivity index (χ0v) is 20.4. The van der Waals surface area contributed by atoms with Crippen LogP contribution in [0.15, 0.2) is 36.4 Å². The van der Waals surface area contributed by atoms with E-state index >= 15 is 0 Å². The van der Waals surface area contributed by atoms with Crippen molar-refractivity contribution in [3.63, 3.8) is 0 Å². The average molecular weight is 474 g/mol. The van der Waals surface area contributed by atoms with Crippen LogP contribution in [-0.2, 0) is 4.79 Å². The molecule has 4 rings (SSSR count). The van der Waals surface area contributed by atoms with E-state index in [4.69, 9.17) is 14.5 Å². The van der Waals surface area contributed by atoms with Crippen molar-refractivity contribution in [3.05, 3.63) is 53.1 Å². The molecule has 1 aromatic heterocycles. The van der Waals surface area contributed by atoms with E-state index in [1.165, 1.54) is 5.56 Å². The number of amides is 1. The van der Waals surface area contributed by atoms with Crippen molar-refractivity contribution in [1.82, 2.24) is 9.88 Å². The van der Waals surface area contributed by atoms with Crippen LogP contribution in [-0.4, -0.2) is 49.8 Å². The maximum absolute atomic E-state index is 13.2. The lowest BCUT2D eigenvalue weighted by molar-refractivity contribution is -0.114. The first-order valence-corrected chi connectivity index (χ1v) is 11.1. The van der Waals surface area contributed by atoms with Crippen molar-refractivity contribution in [1.29, 1.82) is 0 Å². The summed E-state index contributed by atoms with van der Waals surface area (Å²) in [6, 6.07) is 9.85. The summed E-state index contributed by atoms with van der Waals surface area (Å²) in [5.74, 6) is 1.35. The summed E-state index contributed by atoms with van der Waals surface area (Å²) in [5, 5.41) is 0.739. The van der Waals surface area contributed by atoms with Crippen LogP contribution in [0.3, 0.4) is 0 Å². The van der Waals surface area contributed by atoms with Crippen molar-refractivity contribution in [2.45, 2.75) is 20.3 Å². The summed E-state index contributed by atoms with van der Waals surface area (Å²) < 4.78 is 11.9. The first-order chi connectivity index (χ1) is 14.9. The van der Waals surface area contributed by atoms with Crippen LogP contribution in [0.1, 0.15) is 23.1 Å². The molecule has 2 heterocycles. The number of hydrogen-bond acceptors (Lipinski definition) is 6. The SMILES string of the molecule is Cc1ccc2sc(N(CCCN(C)C)C(=O)C=Cc3ccc4c(c3)OCO4)nc2c1C.Cl. The second-order valence-electron chi connectivity index (χ2n) is 7.94. The van der Waals surface area contributed by atoms with Crippen LogP contribution in [0.25, 0.3) is 16.3 Å². The highest BCUT2D eigenvalue weighted by atomic mass is 35.5. The Morgan fingerprint density at radius 3 is 2.69 bits per heavy atom. The van der Waals surface area contributed by atoms with Crippen molar-refractivity contribution < 1.29 is 14.3 Å². The highest BCUT2D eigenvalue weighted by molar-refractivity contribution is 7.22. The number of hydrogen-bond donors (Lipinski definition) is 0. The van der Waals surface area contributed by atoms with Crippen molar-refractivity contribution in [2.75, 3.05) is 38.9 Å². The van der Waals surface area contributed by atoms with Gasteiger partial charge in [-0.05, 0) is 81.9 Å². The van der Waals surface area contributed by atoms with E-state index in [0.717, 1.165) is 45.2 Å². The molecule has 0 aliphatic carbocycles. The van der Waals surface area contributed by atoms with Crippen LogP contribution >= 0.6 is 23.7 Å². The van der Waals surface area contributed by atoms with E-state index in [2.05, 4.69) is 30.9 Å². The van der Waals surface area contributed by atoms with E-state index in [-0.39, 0.29) is 25.1 Å². The first kappa shape index (κ1) is 24.0. The number of carbonyl (C=O) groups excluding carboxylic acids is 1. The first-order valence-electron chi connectivity index (χ1n) is 10.3. The van der Waals surface area contributed by atoms with E-state index in [0.29, 0.717) is 12.3 Å². The van der Waals surface area contributed by atoms with Gasteiger partial charge in [-0.3, -0.25) is 9.69 Å². The molecular weight excluding hydrogens is 446 g/mol. The quantitative estimate of drug-likeness (QED) is 0.449. The van der Waals surface area contributed by atoms with Crippen LogP contribution in [0.2, 0.25) is 0 Å². The van der Waals surface area contributed by atoms with Crippen molar-refractivity contribution >= 4 is 51.1 Å². The van der Waals surface area contributed by atoms with E-state index < -0.39 is 0 Å². The number of carbonyl (C=O) groups is 1. The number of rotatable bonds is 7. The van der Waals surface area contributed by atoms with Gasteiger partial charge in [-0.15, -0.1) is 12.4 Å². The molecule has 3 aromatic rings. The van der Waals surface area contributed by atoms with Gasteiger partial charge in [0.1, 0.15) is 0 Å². The van der Waals surface area contributed by atoms with E-state index in [9.17, 15) is 4.79 Å². The fraction of sp³-hybridized carbons (Fsp3) is 0.333.